The molecule has 0 radical (unpaired) electrons. The Morgan fingerprint density at radius 3 is 2.70 bits per heavy atom. The molecule has 9 heteroatoms. The predicted octanol–water partition coefficient (Wildman–Crippen LogP) is 4.18. The first kappa shape index (κ1) is 17.7. The molecule has 1 aliphatic heterocycles. The molecule has 23 heavy (non-hydrogen) atoms. The van der Waals surface area contributed by atoms with Crippen LogP contribution in [0, 0.1) is 0 Å². The van der Waals surface area contributed by atoms with E-state index in [0.29, 0.717) is 13.0 Å². The Balaban J connectivity index is 2.37. The third kappa shape index (κ3) is 4.21. The third-order valence-electron chi connectivity index (χ3n) is 3.22. The van der Waals surface area contributed by atoms with Crippen LogP contribution >= 0.6 is 11.8 Å². The van der Waals surface area contributed by atoms with Gasteiger partial charge in [-0.2, -0.15) is 26.9 Å². The highest BCUT2D eigenvalue weighted by Gasteiger charge is 2.34. The summed E-state index contributed by atoms with van der Waals surface area (Å²) in [5, 5.41) is -0.0322. The molecular weight excluding hydrogens is 339 g/mol. The van der Waals surface area contributed by atoms with Crippen molar-refractivity contribution in [2.24, 2.45) is 4.99 Å². The van der Waals surface area contributed by atoms with Crippen LogP contribution in [0.25, 0.3) is 0 Å². The van der Waals surface area contributed by atoms with Crippen molar-refractivity contribution in [3.05, 3.63) is 29.8 Å². The standard InChI is InChI=1S/C14H13F5N2OS/c1-2-10-7-21(13(23-10)20-12(22)11(15)16)9-5-3-4-8(6-9)14(17,18)19/h3-6,10-11H,2,7H2,1H3. The van der Waals surface area contributed by atoms with E-state index in [4.69, 9.17) is 0 Å². The summed E-state index contributed by atoms with van der Waals surface area (Å²) < 4.78 is 63.2. The molecular formula is C14H13F5N2OS. The van der Waals surface area contributed by atoms with Crippen molar-refractivity contribution >= 4 is 28.5 Å². The van der Waals surface area contributed by atoms with Gasteiger partial charge in [0.1, 0.15) is 0 Å². The van der Waals surface area contributed by atoms with E-state index >= 15 is 0 Å². The number of anilines is 1. The van der Waals surface area contributed by atoms with Gasteiger partial charge < -0.3 is 4.90 Å². The summed E-state index contributed by atoms with van der Waals surface area (Å²) in [6, 6.07) is 4.50. The molecule has 1 heterocycles. The Bertz CT molecular complexity index is 617. The first-order valence-corrected chi connectivity index (χ1v) is 7.62. The number of rotatable bonds is 3. The molecule has 1 unspecified atom stereocenters. The number of hydrogen-bond acceptors (Lipinski definition) is 2. The maximum Gasteiger partial charge on any atom is 0.416 e. The molecule has 1 amide bonds. The summed E-state index contributed by atoms with van der Waals surface area (Å²) in [6.45, 7) is 2.16. The Labute approximate surface area is 133 Å². The number of carbonyl (C=O) groups is 1. The van der Waals surface area contributed by atoms with Crippen LogP contribution < -0.4 is 4.90 Å². The molecule has 1 aromatic carbocycles. The molecule has 1 saturated heterocycles. The van der Waals surface area contributed by atoms with Crippen LogP contribution in [-0.2, 0) is 11.0 Å². The summed E-state index contributed by atoms with van der Waals surface area (Å²) in [5.41, 5.74) is -0.677. The molecule has 0 bridgehead atoms. The molecule has 1 aromatic rings. The highest BCUT2D eigenvalue weighted by molar-refractivity contribution is 8.15. The second-order valence-corrected chi connectivity index (χ2v) is 6.11. The van der Waals surface area contributed by atoms with E-state index in [9.17, 15) is 26.7 Å². The molecule has 0 spiro atoms. The number of amidine groups is 1. The van der Waals surface area contributed by atoms with Crippen LogP contribution in [0.1, 0.15) is 18.9 Å². The summed E-state index contributed by atoms with van der Waals surface area (Å²) in [7, 11) is 0. The van der Waals surface area contributed by atoms with Gasteiger partial charge in [-0.25, -0.2) is 0 Å². The van der Waals surface area contributed by atoms with Crippen LogP contribution in [0.5, 0.6) is 0 Å². The Morgan fingerprint density at radius 2 is 2.13 bits per heavy atom. The molecule has 1 atom stereocenters. The fourth-order valence-electron chi connectivity index (χ4n) is 2.04. The summed E-state index contributed by atoms with van der Waals surface area (Å²) in [6.07, 6.45) is -7.09. The average molecular weight is 352 g/mol. The highest BCUT2D eigenvalue weighted by atomic mass is 32.2. The number of nitrogens with zero attached hydrogens (tertiary/aromatic N) is 2. The quantitative estimate of drug-likeness (QED) is 0.765. The first-order chi connectivity index (χ1) is 10.7. The predicted molar refractivity (Wildman–Crippen MR) is 78.9 cm³/mol. The van der Waals surface area contributed by atoms with Crippen LogP contribution in [0.3, 0.4) is 0 Å². The van der Waals surface area contributed by atoms with Gasteiger partial charge in [0.25, 0.3) is 0 Å². The second kappa shape index (κ2) is 6.86. The van der Waals surface area contributed by atoms with Crippen LogP contribution in [0.4, 0.5) is 27.6 Å². The van der Waals surface area contributed by atoms with Crippen molar-refractivity contribution in [1.82, 2.24) is 0 Å². The normalized spacial score (nSPS) is 20.6. The smallest absolute Gasteiger partial charge is 0.320 e. The molecule has 3 nitrogen and oxygen atoms in total. The number of aliphatic imine (C=N–C) groups is 1. The zero-order valence-electron chi connectivity index (χ0n) is 12.0. The van der Waals surface area contributed by atoms with Crippen molar-refractivity contribution in [3.8, 4) is 0 Å². The Kier molecular flexibility index (Phi) is 5.28. The lowest BCUT2D eigenvalue weighted by atomic mass is 10.1. The number of hydrogen-bond donors (Lipinski definition) is 0. The largest absolute Gasteiger partial charge is 0.416 e. The fraction of sp³-hybridized carbons (Fsp3) is 0.429. The molecule has 0 aliphatic carbocycles. The van der Waals surface area contributed by atoms with Gasteiger partial charge in [0.15, 0.2) is 5.17 Å². The van der Waals surface area contributed by atoms with Gasteiger partial charge >= 0.3 is 18.5 Å². The van der Waals surface area contributed by atoms with E-state index in [1.165, 1.54) is 17.0 Å². The first-order valence-electron chi connectivity index (χ1n) is 6.74. The number of benzene rings is 1. The highest BCUT2D eigenvalue weighted by Crippen LogP contribution is 2.36. The molecule has 2 rings (SSSR count). The number of carbonyl (C=O) groups excluding carboxylic acids is 1. The van der Waals surface area contributed by atoms with Crippen molar-refractivity contribution in [2.75, 3.05) is 11.4 Å². The topological polar surface area (TPSA) is 32.7 Å². The minimum atomic E-state index is -4.51. The van der Waals surface area contributed by atoms with E-state index < -0.39 is 24.1 Å². The lowest BCUT2D eigenvalue weighted by Gasteiger charge is -2.19. The number of thioether (sulfide) groups is 1. The van der Waals surface area contributed by atoms with Crippen molar-refractivity contribution in [2.45, 2.75) is 31.2 Å². The van der Waals surface area contributed by atoms with Crippen molar-refractivity contribution < 1.29 is 26.7 Å². The molecule has 126 valence electrons. The van der Waals surface area contributed by atoms with Crippen molar-refractivity contribution in [1.29, 1.82) is 0 Å². The maximum atomic E-state index is 12.8. The average Bonchev–Trinajstić information content (AvgIpc) is 2.89. The Hall–Kier alpha value is -1.64. The van der Waals surface area contributed by atoms with Gasteiger partial charge in [0.05, 0.1) is 5.56 Å². The fourth-order valence-corrected chi connectivity index (χ4v) is 3.18. The molecule has 0 N–H and O–H groups in total. The van der Waals surface area contributed by atoms with Crippen molar-refractivity contribution in [3.63, 3.8) is 0 Å². The van der Waals surface area contributed by atoms with E-state index in [2.05, 4.69) is 4.99 Å². The van der Waals surface area contributed by atoms with Gasteiger partial charge in [0, 0.05) is 17.5 Å². The molecule has 0 saturated carbocycles. The summed E-state index contributed by atoms with van der Waals surface area (Å²) in [5.74, 6) is -1.60. The molecule has 1 aliphatic rings. The monoisotopic (exact) mass is 352 g/mol. The summed E-state index contributed by atoms with van der Waals surface area (Å²) in [4.78, 5) is 15.9. The van der Waals surface area contributed by atoms with Gasteiger partial charge in [0.2, 0.25) is 0 Å². The van der Waals surface area contributed by atoms with E-state index in [1.54, 1.807) is 0 Å². The van der Waals surface area contributed by atoms with Gasteiger partial charge in [-0.05, 0) is 24.6 Å². The molecule has 1 fully saturated rings. The number of halogens is 5. The number of amides is 1. The van der Waals surface area contributed by atoms with E-state index in [1.807, 2.05) is 6.92 Å². The van der Waals surface area contributed by atoms with Gasteiger partial charge in [-0.3, -0.25) is 4.79 Å². The second-order valence-electron chi connectivity index (χ2n) is 4.84. The minimum Gasteiger partial charge on any atom is -0.320 e. The lowest BCUT2D eigenvalue weighted by Crippen LogP contribution is -2.27. The zero-order valence-corrected chi connectivity index (χ0v) is 12.8. The summed E-state index contributed by atoms with van der Waals surface area (Å²) >= 11 is 1.11. The number of alkyl halides is 5. The Morgan fingerprint density at radius 1 is 1.43 bits per heavy atom. The maximum absolute atomic E-state index is 12.8. The SMILES string of the molecule is CCC1CN(c2cccc(C(F)(F)F)c2)C(=NC(=O)C(F)F)S1. The van der Waals surface area contributed by atoms with Gasteiger partial charge in [-0.15, -0.1) is 0 Å². The van der Waals surface area contributed by atoms with Crippen LogP contribution in [0.15, 0.2) is 29.3 Å². The zero-order chi connectivity index (χ0) is 17.2. The van der Waals surface area contributed by atoms with Crippen LogP contribution in [-0.4, -0.2) is 29.3 Å². The van der Waals surface area contributed by atoms with E-state index in [-0.39, 0.29) is 16.1 Å². The molecule has 0 aromatic heterocycles. The van der Waals surface area contributed by atoms with Crippen LogP contribution in [0.2, 0.25) is 0 Å². The van der Waals surface area contributed by atoms with E-state index in [0.717, 1.165) is 23.9 Å². The minimum absolute atomic E-state index is 0.00137. The van der Waals surface area contributed by atoms with Gasteiger partial charge in [-0.1, -0.05) is 24.8 Å². The lowest BCUT2D eigenvalue weighted by molar-refractivity contribution is -0.137. The third-order valence-corrected chi connectivity index (χ3v) is 4.56.